The smallest absolute Gasteiger partial charge is 0.264 e. The van der Waals surface area contributed by atoms with Crippen molar-refractivity contribution >= 4 is 39.1 Å². The highest BCUT2D eigenvalue weighted by Gasteiger charge is 2.33. The zero-order valence-electron chi connectivity index (χ0n) is 22.6. The van der Waals surface area contributed by atoms with Crippen LogP contribution in [-0.4, -0.2) is 50.8 Å². The maximum Gasteiger partial charge on any atom is 0.264 e. The van der Waals surface area contributed by atoms with Crippen LogP contribution in [0, 0.1) is 6.92 Å². The first kappa shape index (κ1) is 30.2. The van der Waals surface area contributed by atoms with E-state index in [2.05, 4.69) is 5.32 Å². The lowest BCUT2D eigenvalue weighted by Crippen LogP contribution is -2.53. The minimum absolute atomic E-state index is 0.0183. The van der Waals surface area contributed by atoms with Crippen LogP contribution < -0.4 is 9.62 Å². The van der Waals surface area contributed by atoms with Crippen molar-refractivity contribution in [2.45, 2.75) is 51.0 Å². The van der Waals surface area contributed by atoms with Crippen molar-refractivity contribution in [2.24, 2.45) is 0 Å². The molecule has 39 heavy (non-hydrogen) atoms. The molecule has 0 saturated heterocycles. The first-order chi connectivity index (χ1) is 18.7. The number of halogens is 1. The third kappa shape index (κ3) is 8.07. The highest BCUT2D eigenvalue weighted by atomic mass is 35.5. The minimum Gasteiger partial charge on any atom is -0.354 e. The van der Waals surface area contributed by atoms with E-state index in [4.69, 9.17) is 11.6 Å². The van der Waals surface area contributed by atoms with Gasteiger partial charge in [-0.1, -0.05) is 67.9 Å². The fraction of sp³-hybridized carbons (Fsp3) is 0.333. The zero-order valence-corrected chi connectivity index (χ0v) is 24.2. The molecular formula is C30H36ClN3O4S. The Morgan fingerprint density at radius 2 is 1.64 bits per heavy atom. The molecule has 0 heterocycles. The van der Waals surface area contributed by atoms with Gasteiger partial charge in [-0.15, -0.1) is 0 Å². The Kier molecular flexibility index (Phi) is 10.9. The minimum atomic E-state index is -4.12. The Bertz CT molecular complexity index is 1350. The SMILES string of the molecule is CCCNC(=O)C(CC)N(CCc1ccccc1)C(=O)CN(c1cccc(C)c1)S(=O)(=O)c1ccc(Cl)cc1. The van der Waals surface area contributed by atoms with E-state index in [-0.39, 0.29) is 17.3 Å². The van der Waals surface area contributed by atoms with Crippen molar-refractivity contribution in [3.05, 3.63) is 95.0 Å². The van der Waals surface area contributed by atoms with Gasteiger partial charge in [-0.3, -0.25) is 13.9 Å². The average molecular weight is 570 g/mol. The summed E-state index contributed by atoms with van der Waals surface area (Å²) in [5.41, 5.74) is 2.23. The highest BCUT2D eigenvalue weighted by molar-refractivity contribution is 7.92. The number of amides is 2. The number of carbonyl (C=O) groups excluding carboxylic acids is 2. The van der Waals surface area contributed by atoms with Gasteiger partial charge in [0.2, 0.25) is 11.8 Å². The third-order valence-corrected chi connectivity index (χ3v) is 8.43. The third-order valence-electron chi connectivity index (χ3n) is 6.39. The Morgan fingerprint density at radius 3 is 2.26 bits per heavy atom. The number of anilines is 1. The van der Waals surface area contributed by atoms with E-state index in [1.165, 1.54) is 29.2 Å². The predicted molar refractivity (Wildman–Crippen MR) is 156 cm³/mol. The number of nitrogens with zero attached hydrogens (tertiary/aromatic N) is 2. The fourth-order valence-corrected chi connectivity index (χ4v) is 5.84. The summed E-state index contributed by atoms with van der Waals surface area (Å²) in [5, 5.41) is 3.30. The van der Waals surface area contributed by atoms with E-state index in [9.17, 15) is 18.0 Å². The van der Waals surface area contributed by atoms with Crippen molar-refractivity contribution in [1.82, 2.24) is 10.2 Å². The summed E-state index contributed by atoms with van der Waals surface area (Å²) in [6.07, 6.45) is 1.68. The van der Waals surface area contributed by atoms with Gasteiger partial charge in [0.25, 0.3) is 10.0 Å². The van der Waals surface area contributed by atoms with Crippen molar-refractivity contribution in [3.8, 4) is 0 Å². The van der Waals surface area contributed by atoms with Crippen LogP contribution in [0.4, 0.5) is 5.69 Å². The molecule has 3 rings (SSSR count). The molecule has 0 radical (unpaired) electrons. The van der Waals surface area contributed by atoms with E-state index in [1.807, 2.05) is 57.2 Å². The Hall–Kier alpha value is -3.36. The lowest BCUT2D eigenvalue weighted by Gasteiger charge is -2.33. The van der Waals surface area contributed by atoms with Crippen LogP contribution in [0.15, 0.2) is 83.8 Å². The number of rotatable bonds is 13. The predicted octanol–water partition coefficient (Wildman–Crippen LogP) is 5.22. The molecule has 1 N–H and O–H groups in total. The highest BCUT2D eigenvalue weighted by Crippen LogP contribution is 2.26. The molecule has 3 aromatic rings. The van der Waals surface area contributed by atoms with Crippen molar-refractivity contribution in [2.75, 3.05) is 23.9 Å². The lowest BCUT2D eigenvalue weighted by molar-refractivity contribution is -0.139. The van der Waals surface area contributed by atoms with E-state index in [0.29, 0.717) is 30.1 Å². The van der Waals surface area contributed by atoms with Gasteiger partial charge in [-0.2, -0.15) is 0 Å². The second-order valence-corrected chi connectivity index (χ2v) is 11.6. The van der Waals surface area contributed by atoms with Gasteiger partial charge in [-0.25, -0.2) is 8.42 Å². The van der Waals surface area contributed by atoms with Gasteiger partial charge < -0.3 is 10.2 Å². The second-order valence-electron chi connectivity index (χ2n) is 9.34. The summed E-state index contributed by atoms with van der Waals surface area (Å²) < 4.78 is 28.8. The number of carbonyl (C=O) groups is 2. The van der Waals surface area contributed by atoms with Crippen LogP contribution in [0.5, 0.6) is 0 Å². The van der Waals surface area contributed by atoms with Crippen LogP contribution in [0.3, 0.4) is 0 Å². The molecule has 0 aromatic heterocycles. The molecule has 0 aliphatic heterocycles. The Balaban J connectivity index is 2.00. The molecule has 3 aromatic carbocycles. The summed E-state index contributed by atoms with van der Waals surface area (Å²) in [4.78, 5) is 28.6. The zero-order chi connectivity index (χ0) is 28.4. The van der Waals surface area contributed by atoms with Gasteiger partial charge >= 0.3 is 0 Å². The maximum absolute atomic E-state index is 14.0. The summed E-state index contributed by atoms with van der Waals surface area (Å²) >= 11 is 6.00. The summed E-state index contributed by atoms with van der Waals surface area (Å²) in [6, 6.07) is 21.8. The molecule has 0 spiro atoms. The van der Waals surface area contributed by atoms with Crippen molar-refractivity contribution in [3.63, 3.8) is 0 Å². The van der Waals surface area contributed by atoms with Crippen molar-refractivity contribution in [1.29, 1.82) is 0 Å². The fourth-order valence-electron chi connectivity index (χ4n) is 4.31. The molecule has 0 saturated carbocycles. The van der Waals surface area contributed by atoms with E-state index in [0.717, 1.165) is 21.9 Å². The number of hydrogen-bond acceptors (Lipinski definition) is 4. The molecule has 0 bridgehead atoms. The molecule has 208 valence electrons. The maximum atomic E-state index is 14.0. The molecule has 0 aliphatic rings. The monoisotopic (exact) mass is 569 g/mol. The molecular weight excluding hydrogens is 534 g/mol. The van der Waals surface area contributed by atoms with E-state index >= 15 is 0 Å². The number of aryl methyl sites for hydroxylation is 1. The normalized spacial score (nSPS) is 12.0. The summed E-state index contributed by atoms with van der Waals surface area (Å²) in [6.45, 7) is 5.97. The average Bonchev–Trinajstić information content (AvgIpc) is 2.93. The lowest BCUT2D eigenvalue weighted by atomic mass is 10.1. The van der Waals surface area contributed by atoms with Gasteiger partial charge in [0, 0.05) is 18.1 Å². The van der Waals surface area contributed by atoms with Crippen LogP contribution in [0.25, 0.3) is 0 Å². The number of sulfonamides is 1. The second kappa shape index (κ2) is 14.1. The van der Waals surface area contributed by atoms with Crippen LogP contribution >= 0.6 is 11.6 Å². The summed E-state index contributed by atoms with van der Waals surface area (Å²) in [5.74, 6) is -0.702. The Labute approximate surface area is 236 Å². The number of nitrogens with one attached hydrogen (secondary N) is 1. The summed E-state index contributed by atoms with van der Waals surface area (Å²) in [7, 11) is -4.12. The van der Waals surface area contributed by atoms with Gasteiger partial charge in [0.05, 0.1) is 10.6 Å². The first-order valence-electron chi connectivity index (χ1n) is 13.1. The molecule has 2 amide bonds. The number of benzene rings is 3. The van der Waals surface area contributed by atoms with Crippen LogP contribution in [0.2, 0.25) is 5.02 Å². The van der Waals surface area contributed by atoms with Crippen LogP contribution in [-0.2, 0) is 26.0 Å². The number of hydrogen-bond donors (Lipinski definition) is 1. The van der Waals surface area contributed by atoms with Crippen LogP contribution in [0.1, 0.15) is 37.8 Å². The molecule has 1 atom stereocenters. The molecule has 7 nitrogen and oxygen atoms in total. The first-order valence-corrected chi connectivity index (χ1v) is 14.9. The molecule has 0 fully saturated rings. The molecule has 0 aliphatic carbocycles. The Morgan fingerprint density at radius 1 is 0.949 bits per heavy atom. The topological polar surface area (TPSA) is 86.8 Å². The van der Waals surface area contributed by atoms with Gasteiger partial charge in [0.15, 0.2) is 0 Å². The van der Waals surface area contributed by atoms with Gasteiger partial charge in [-0.05, 0) is 73.7 Å². The quantitative estimate of drug-likeness (QED) is 0.306. The molecule has 1 unspecified atom stereocenters. The van der Waals surface area contributed by atoms with E-state index < -0.39 is 28.5 Å². The van der Waals surface area contributed by atoms with E-state index in [1.54, 1.807) is 18.2 Å². The van der Waals surface area contributed by atoms with Gasteiger partial charge in [0.1, 0.15) is 12.6 Å². The van der Waals surface area contributed by atoms with Crippen molar-refractivity contribution < 1.29 is 18.0 Å². The largest absolute Gasteiger partial charge is 0.354 e. The standard InChI is InChI=1S/C30H36ClN3O4S/c1-4-19-32-30(36)28(5-2)33(20-18-24-11-7-6-8-12-24)29(35)22-34(26-13-9-10-23(3)21-26)39(37,38)27-16-14-25(31)15-17-27/h6-17,21,28H,4-5,18-20,22H2,1-3H3,(H,32,36). The molecule has 9 heteroatoms.